The van der Waals surface area contributed by atoms with E-state index in [9.17, 15) is 0 Å². The molecule has 70 valence electrons. The lowest BCUT2D eigenvalue weighted by Gasteiger charge is -2.21. The number of aliphatic hydroxyl groups excluding tert-OH is 1. The van der Waals surface area contributed by atoms with Gasteiger partial charge in [-0.1, -0.05) is 0 Å². The summed E-state index contributed by atoms with van der Waals surface area (Å²) in [5.74, 6) is 0.332. The van der Waals surface area contributed by atoms with Gasteiger partial charge in [0.15, 0.2) is 0 Å². The summed E-state index contributed by atoms with van der Waals surface area (Å²) in [6.07, 6.45) is 0.385. The molecule has 0 radical (unpaired) electrons. The largest absolute Gasteiger partial charge is 0.392 e. The average Bonchev–Trinajstić information content (AvgIpc) is 1.87. The molecule has 0 saturated carbocycles. The van der Waals surface area contributed by atoms with Crippen molar-refractivity contribution in [2.24, 2.45) is 0 Å². The summed E-state index contributed by atoms with van der Waals surface area (Å²) < 4.78 is 0. The highest BCUT2D eigenvalue weighted by atomic mass is 35.5. The van der Waals surface area contributed by atoms with Crippen LogP contribution in [0.4, 0.5) is 0 Å². The van der Waals surface area contributed by atoms with E-state index in [2.05, 4.69) is 11.8 Å². The van der Waals surface area contributed by atoms with Crippen LogP contribution >= 0.6 is 24.0 Å². The zero-order valence-electron chi connectivity index (χ0n) is 7.25. The molecule has 0 aromatic carbocycles. The zero-order valence-corrected chi connectivity index (χ0v) is 8.82. The Kier molecular flexibility index (Phi) is 9.15. The van der Waals surface area contributed by atoms with Gasteiger partial charge in [0.05, 0.1) is 6.10 Å². The molecule has 0 bridgehead atoms. The van der Waals surface area contributed by atoms with Crippen LogP contribution in [0.15, 0.2) is 0 Å². The molecule has 0 fully saturated rings. The Morgan fingerprint density at radius 3 is 2.18 bits per heavy atom. The maximum absolute atomic E-state index is 9.12. The van der Waals surface area contributed by atoms with Gasteiger partial charge in [0, 0.05) is 11.9 Å². The first-order chi connectivity index (χ1) is 4.57. The molecule has 0 aliphatic carbocycles. The Bertz CT molecular complexity index is 90.5. The predicted octanol–water partition coefficient (Wildman–Crippen LogP) is 1.35. The fourth-order valence-electron chi connectivity index (χ4n) is 0.668. The molecule has 0 spiro atoms. The standard InChI is InChI=1S/C7H16ClNO.ClH/c1-6(9(2)3)4-7(10)5-8;/h6-7,10H,4-5H2,1-3H3;1H. The van der Waals surface area contributed by atoms with Crippen molar-refractivity contribution < 1.29 is 5.11 Å². The molecule has 0 aliphatic rings. The lowest BCUT2D eigenvalue weighted by molar-refractivity contribution is 0.147. The summed E-state index contributed by atoms with van der Waals surface area (Å²) in [7, 11) is 3.98. The molecular weight excluding hydrogens is 185 g/mol. The molecule has 4 heteroatoms. The highest BCUT2D eigenvalue weighted by Gasteiger charge is 2.09. The van der Waals surface area contributed by atoms with Crippen molar-refractivity contribution in [2.45, 2.75) is 25.5 Å². The van der Waals surface area contributed by atoms with Crippen molar-refractivity contribution in [2.75, 3.05) is 20.0 Å². The van der Waals surface area contributed by atoms with Gasteiger partial charge in [0.25, 0.3) is 0 Å². The second-order valence-corrected chi connectivity index (χ2v) is 3.17. The third kappa shape index (κ3) is 6.88. The molecule has 0 aromatic heterocycles. The molecule has 2 nitrogen and oxygen atoms in total. The van der Waals surface area contributed by atoms with E-state index in [0.717, 1.165) is 6.42 Å². The van der Waals surface area contributed by atoms with E-state index in [4.69, 9.17) is 16.7 Å². The van der Waals surface area contributed by atoms with Gasteiger partial charge in [-0.2, -0.15) is 0 Å². The molecule has 0 heterocycles. The number of hydrogen-bond acceptors (Lipinski definition) is 2. The maximum Gasteiger partial charge on any atom is 0.0690 e. The Balaban J connectivity index is 0. The van der Waals surface area contributed by atoms with Gasteiger partial charge < -0.3 is 10.0 Å². The number of aliphatic hydroxyl groups is 1. The van der Waals surface area contributed by atoms with E-state index >= 15 is 0 Å². The van der Waals surface area contributed by atoms with Crippen LogP contribution in [-0.4, -0.2) is 42.1 Å². The molecular formula is C7H17Cl2NO. The average molecular weight is 202 g/mol. The van der Waals surface area contributed by atoms with Gasteiger partial charge in [-0.15, -0.1) is 24.0 Å². The molecule has 0 aromatic rings. The van der Waals surface area contributed by atoms with Gasteiger partial charge in [-0.3, -0.25) is 0 Å². The molecule has 11 heavy (non-hydrogen) atoms. The summed E-state index contributed by atoms with van der Waals surface area (Å²) in [4.78, 5) is 2.07. The SMILES string of the molecule is CC(CC(O)CCl)N(C)C.Cl. The smallest absolute Gasteiger partial charge is 0.0690 e. The third-order valence-electron chi connectivity index (χ3n) is 1.67. The van der Waals surface area contributed by atoms with E-state index in [1.165, 1.54) is 0 Å². The molecule has 0 amide bonds. The van der Waals surface area contributed by atoms with E-state index < -0.39 is 0 Å². The van der Waals surface area contributed by atoms with E-state index in [1.807, 2.05) is 14.1 Å². The summed E-state index contributed by atoms with van der Waals surface area (Å²) in [5, 5.41) is 9.12. The van der Waals surface area contributed by atoms with Crippen LogP contribution in [0.2, 0.25) is 0 Å². The first-order valence-corrected chi connectivity index (χ1v) is 4.01. The number of nitrogens with zero attached hydrogens (tertiary/aromatic N) is 1. The summed E-state index contributed by atoms with van der Waals surface area (Å²) in [5.41, 5.74) is 0. The van der Waals surface area contributed by atoms with Crippen molar-refractivity contribution in [3.8, 4) is 0 Å². The fourth-order valence-corrected chi connectivity index (χ4v) is 0.794. The van der Waals surface area contributed by atoms with Crippen molar-refractivity contribution in [3.63, 3.8) is 0 Å². The summed E-state index contributed by atoms with van der Waals surface area (Å²) in [6.45, 7) is 2.07. The predicted molar refractivity (Wildman–Crippen MR) is 51.7 cm³/mol. The minimum Gasteiger partial charge on any atom is -0.392 e. The van der Waals surface area contributed by atoms with Gasteiger partial charge in [-0.25, -0.2) is 0 Å². The highest BCUT2D eigenvalue weighted by molar-refractivity contribution is 6.18. The van der Waals surface area contributed by atoms with Crippen LogP contribution in [0.25, 0.3) is 0 Å². The van der Waals surface area contributed by atoms with Crippen molar-refractivity contribution in [1.82, 2.24) is 4.90 Å². The quantitative estimate of drug-likeness (QED) is 0.695. The van der Waals surface area contributed by atoms with Crippen LogP contribution in [0, 0.1) is 0 Å². The maximum atomic E-state index is 9.12. The van der Waals surface area contributed by atoms with Crippen LogP contribution in [0.3, 0.4) is 0 Å². The molecule has 2 unspecified atom stereocenters. The number of hydrogen-bond donors (Lipinski definition) is 1. The minimum atomic E-state index is -0.362. The van der Waals surface area contributed by atoms with Crippen molar-refractivity contribution in [1.29, 1.82) is 0 Å². The van der Waals surface area contributed by atoms with E-state index in [0.29, 0.717) is 11.9 Å². The summed E-state index contributed by atoms with van der Waals surface area (Å²) in [6, 6.07) is 0.397. The molecule has 0 rings (SSSR count). The van der Waals surface area contributed by atoms with E-state index in [1.54, 1.807) is 0 Å². The first kappa shape index (κ1) is 14.0. The fraction of sp³-hybridized carbons (Fsp3) is 1.00. The second-order valence-electron chi connectivity index (χ2n) is 2.86. The Morgan fingerprint density at radius 1 is 1.45 bits per heavy atom. The van der Waals surface area contributed by atoms with Crippen LogP contribution < -0.4 is 0 Å². The number of alkyl halides is 1. The lowest BCUT2D eigenvalue weighted by atomic mass is 10.1. The Morgan fingerprint density at radius 2 is 1.91 bits per heavy atom. The Hall–Kier alpha value is 0.500. The normalized spacial score (nSPS) is 15.8. The van der Waals surface area contributed by atoms with Crippen molar-refractivity contribution in [3.05, 3.63) is 0 Å². The number of rotatable bonds is 4. The van der Waals surface area contributed by atoms with Crippen molar-refractivity contribution >= 4 is 24.0 Å². The second kappa shape index (κ2) is 7.17. The third-order valence-corrected chi connectivity index (χ3v) is 2.03. The molecule has 0 saturated heterocycles. The monoisotopic (exact) mass is 201 g/mol. The lowest BCUT2D eigenvalue weighted by Crippen LogP contribution is -2.29. The Labute approximate surface area is 79.9 Å². The highest BCUT2D eigenvalue weighted by Crippen LogP contribution is 2.03. The number of halogens is 2. The van der Waals surface area contributed by atoms with E-state index in [-0.39, 0.29) is 18.5 Å². The van der Waals surface area contributed by atoms with Crippen LogP contribution in [-0.2, 0) is 0 Å². The zero-order chi connectivity index (χ0) is 8.15. The summed E-state index contributed by atoms with van der Waals surface area (Å²) >= 11 is 5.43. The molecule has 1 N–H and O–H groups in total. The van der Waals surface area contributed by atoms with Gasteiger partial charge in [-0.05, 0) is 27.4 Å². The van der Waals surface area contributed by atoms with Gasteiger partial charge >= 0.3 is 0 Å². The minimum absolute atomic E-state index is 0. The molecule has 2 atom stereocenters. The molecule has 0 aliphatic heterocycles. The van der Waals surface area contributed by atoms with Crippen LogP contribution in [0.5, 0.6) is 0 Å². The van der Waals surface area contributed by atoms with Gasteiger partial charge in [0.2, 0.25) is 0 Å². The van der Waals surface area contributed by atoms with Gasteiger partial charge in [0.1, 0.15) is 0 Å². The topological polar surface area (TPSA) is 23.5 Å². The van der Waals surface area contributed by atoms with Crippen LogP contribution in [0.1, 0.15) is 13.3 Å². The first-order valence-electron chi connectivity index (χ1n) is 3.48.